The molecular formula is C22H21NO4S. The van der Waals surface area contributed by atoms with E-state index in [0.717, 1.165) is 27.1 Å². The van der Waals surface area contributed by atoms with Crippen LogP contribution in [-0.4, -0.2) is 27.2 Å². The molecule has 0 spiro atoms. The van der Waals surface area contributed by atoms with Gasteiger partial charge in [0, 0.05) is 10.5 Å². The van der Waals surface area contributed by atoms with Crippen molar-refractivity contribution >= 4 is 18.5 Å². The number of amides is 1. The lowest BCUT2D eigenvalue weighted by Crippen LogP contribution is -2.10. The van der Waals surface area contributed by atoms with Crippen LogP contribution in [0.2, 0.25) is 0 Å². The summed E-state index contributed by atoms with van der Waals surface area (Å²) in [6, 6.07) is 16.9. The van der Waals surface area contributed by atoms with E-state index in [0.29, 0.717) is 22.8 Å². The van der Waals surface area contributed by atoms with Crippen molar-refractivity contribution < 1.29 is 19.0 Å². The minimum atomic E-state index is -0.449. The van der Waals surface area contributed by atoms with E-state index in [1.165, 1.54) is 0 Å². The summed E-state index contributed by atoms with van der Waals surface area (Å²) < 4.78 is 16.3. The zero-order valence-electron chi connectivity index (χ0n) is 15.9. The summed E-state index contributed by atoms with van der Waals surface area (Å²) in [4.78, 5) is 12.1. The first-order valence-electron chi connectivity index (χ1n) is 8.52. The van der Waals surface area contributed by atoms with Gasteiger partial charge in [0.15, 0.2) is 11.5 Å². The average Bonchev–Trinajstić information content (AvgIpc) is 2.73. The first-order chi connectivity index (χ1) is 13.5. The van der Waals surface area contributed by atoms with Gasteiger partial charge in [-0.1, -0.05) is 18.2 Å². The Morgan fingerprint density at radius 2 is 1.36 bits per heavy atom. The first kappa shape index (κ1) is 19.6. The van der Waals surface area contributed by atoms with Crippen LogP contribution in [0.15, 0.2) is 59.5 Å². The molecule has 0 bridgehead atoms. The summed E-state index contributed by atoms with van der Waals surface area (Å²) >= 11 is 4.61. The van der Waals surface area contributed by atoms with Crippen LogP contribution in [-0.2, 0) is 0 Å². The van der Waals surface area contributed by atoms with Gasteiger partial charge < -0.3 is 19.9 Å². The van der Waals surface area contributed by atoms with E-state index in [9.17, 15) is 4.79 Å². The van der Waals surface area contributed by atoms with Crippen LogP contribution >= 0.6 is 12.6 Å². The van der Waals surface area contributed by atoms with Crippen molar-refractivity contribution in [2.24, 2.45) is 5.73 Å². The molecule has 0 saturated carbocycles. The average molecular weight is 395 g/mol. The number of hydrogen-bond acceptors (Lipinski definition) is 5. The van der Waals surface area contributed by atoms with Gasteiger partial charge in [-0.25, -0.2) is 0 Å². The molecule has 6 heteroatoms. The third-order valence-corrected chi connectivity index (χ3v) is 4.87. The van der Waals surface area contributed by atoms with Crippen molar-refractivity contribution in [2.45, 2.75) is 4.90 Å². The zero-order valence-corrected chi connectivity index (χ0v) is 16.7. The maximum atomic E-state index is 11.3. The number of thiol groups is 1. The quantitative estimate of drug-likeness (QED) is 0.606. The molecule has 0 aromatic heterocycles. The van der Waals surface area contributed by atoms with Crippen LogP contribution in [0.5, 0.6) is 17.2 Å². The Morgan fingerprint density at radius 1 is 0.786 bits per heavy atom. The summed E-state index contributed by atoms with van der Waals surface area (Å²) in [6.45, 7) is 0. The Bertz CT molecular complexity index is 991. The number of carbonyl (C=O) groups is 1. The number of hydrogen-bond donors (Lipinski definition) is 2. The van der Waals surface area contributed by atoms with Gasteiger partial charge in [-0.05, 0) is 58.7 Å². The highest BCUT2D eigenvalue weighted by atomic mass is 32.1. The molecule has 1 amide bonds. The third-order valence-electron chi connectivity index (χ3n) is 4.48. The van der Waals surface area contributed by atoms with Gasteiger partial charge in [0.05, 0.1) is 21.3 Å². The van der Waals surface area contributed by atoms with E-state index in [1.807, 2.05) is 42.5 Å². The minimum Gasteiger partial charge on any atom is -0.493 e. The number of primary amides is 1. The zero-order chi connectivity index (χ0) is 20.3. The number of rotatable bonds is 6. The van der Waals surface area contributed by atoms with Crippen LogP contribution < -0.4 is 19.9 Å². The fraction of sp³-hybridized carbons (Fsp3) is 0.136. The van der Waals surface area contributed by atoms with Gasteiger partial charge in [0.2, 0.25) is 11.7 Å². The Balaban J connectivity index is 2.10. The number of methoxy groups -OCH3 is 3. The smallest absolute Gasteiger partial charge is 0.248 e. The minimum absolute atomic E-state index is 0.449. The fourth-order valence-electron chi connectivity index (χ4n) is 3.01. The molecule has 0 aliphatic rings. The van der Waals surface area contributed by atoms with Crippen LogP contribution in [0.4, 0.5) is 0 Å². The highest BCUT2D eigenvalue weighted by Crippen LogP contribution is 2.43. The maximum absolute atomic E-state index is 11.3. The molecule has 0 aliphatic heterocycles. The highest BCUT2D eigenvalue weighted by molar-refractivity contribution is 7.80. The molecule has 0 saturated heterocycles. The van der Waals surface area contributed by atoms with Crippen molar-refractivity contribution in [3.8, 4) is 39.5 Å². The molecule has 28 heavy (non-hydrogen) atoms. The molecule has 0 atom stereocenters. The predicted molar refractivity (Wildman–Crippen MR) is 113 cm³/mol. The Labute approximate surface area is 169 Å². The lowest BCUT2D eigenvalue weighted by Gasteiger charge is -2.16. The largest absolute Gasteiger partial charge is 0.493 e. The van der Waals surface area contributed by atoms with E-state index >= 15 is 0 Å². The standard InChI is InChI=1S/C22H21NO4S/c1-25-18-11-16(12-19(26-2)21(18)27-3)17-10-15(8-9-20(17)28)13-4-6-14(7-5-13)22(23)24/h4-12,28H,1-3H3,(H2,23,24). The van der Waals surface area contributed by atoms with Crippen LogP contribution in [0.1, 0.15) is 10.4 Å². The number of carbonyl (C=O) groups excluding carboxylic acids is 1. The normalized spacial score (nSPS) is 10.4. The Hall–Kier alpha value is -3.12. The summed E-state index contributed by atoms with van der Waals surface area (Å²) in [7, 11) is 4.74. The molecule has 5 nitrogen and oxygen atoms in total. The van der Waals surface area contributed by atoms with Gasteiger partial charge >= 0.3 is 0 Å². The van der Waals surface area contributed by atoms with Crippen LogP contribution in [0.25, 0.3) is 22.3 Å². The van der Waals surface area contributed by atoms with Gasteiger partial charge in [-0.3, -0.25) is 4.79 Å². The summed E-state index contributed by atoms with van der Waals surface area (Å²) in [5.74, 6) is 1.23. The van der Waals surface area contributed by atoms with Crippen molar-refractivity contribution in [3.05, 3.63) is 60.2 Å². The number of nitrogens with two attached hydrogens (primary N) is 1. The van der Waals surface area contributed by atoms with E-state index in [-0.39, 0.29) is 0 Å². The van der Waals surface area contributed by atoms with E-state index in [4.69, 9.17) is 19.9 Å². The highest BCUT2D eigenvalue weighted by Gasteiger charge is 2.16. The summed E-state index contributed by atoms with van der Waals surface area (Å²) in [6.07, 6.45) is 0. The molecule has 0 fully saturated rings. The predicted octanol–water partition coefficient (Wildman–Crippen LogP) is 4.43. The van der Waals surface area contributed by atoms with Gasteiger partial charge in [-0.2, -0.15) is 0 Å². The molecule has 2 N–H and O–H groups in total. The summed E-state index contributed by atoms with van der Waals surface area (Å²) in [5.41, 5.74) is 9.54. The molecule has 0 aliphatic carbocycles. The fourth-order valence-corrected chi connectivity index (χ4v) is 3.28. The van der Waals surface area contributed by atoms with Crippen molar-refractivity contribution in [1.29, 1.82) is 0 Å². The lowest BCUT2D eigenvalue weighted by molar-refractivity contribution is 0.100. The number of benzene rings is 3. The SMILES string of the molecule is COc1cc(-c2cc(-c3ccc(C(N)=O)cc3)ccc2S)cc(OC)c1OC. The molecule has 3 aromatic rings. The lowest BCUT2D eigenvalue weighted by atomic mass is 9.97. The van der Waals surface area contributed by atoms with E-state index in [2.05, 4.69) is 12.6 Å². The van der Waals surface area contributed by atoms with Crippen molar-refractivity contribution in [2.75, 3.05) is 21.3 Å². The second-order valence-corrected chi connectivity index (χ2v) is 6.57. The third kappa shape index (κ3) is 3.77. The molecule has 3 aromatic carbocycles. The summed E-state index contributed by atoms with van der Waals surface area (Å²) in [5, 5.41) is 0. The molecular weight excluding hydrogens is 374 g/mol. The second-order valence-electron chi connectivity index (χ2n) is 6.09. The molecule has 0 unspecified atom stereocenters. The van der Waals surface area contributed by atoms with Crippen molar-refractivity contribution in [3.63, 3.8) is 0 Å². The Kier molecular flexibility index (Phi) is 5.80. The molecule has 0 radical (unpaired) electrons. The van der Waals surface area contributed by atoms with Gasteiger partial charge in [-0.15, -0.1) is 12.6 Å². The number of ether oxygens (including phenoxy) is 3. The van der Waals surface area contributed by atoms with Crippen LogP contribution in [0, 0.1) is 0 Å². The monoisotopic (exact) mass is 395 g/mol. The maximum Gasteiger partial charge on any atom is 0.248 e. The second kappa shape index (κ2) is 8.27. The first-order valence-corrected chi connectivity index (χ1v) is 8.96. The van der Waals surface area contributed by atoms with Gasteiger partial charge in [0.25, 0.3) is 0 Å². The molecule has 3 rings (SSSR count). The molecule has 0 heterocycles. The Morgan fingerprint density at radius 3 is 1.86 bits per heavy atom. The topological polar surface area (TPSA) is 70.8 Å². The van der Waals surface area contributed by atoms with Crippen molar-refractivity contribution in [1.82, 2.24) is 0 Å². The molecule has 144 valence electrons. The van der Waals surface area contributed by atoms with Crippen LogP contribution in [0.3, 0.4) is 0 Å². The van der Waals surface area contributed by atoms with E-state index in [1.54, 1.807) is 33.5 Å². The van der Waals surface area contributed by atoms with Gasteiger partial charge in [0.1, 0.15) is 0 Å². The van der Waals surface area contributed by atoms with E-state index < -0.39 is 5.91 Å².